The van der Waals surface area contributed by atoms with Crippen molar-refractivity contribution in [1.29, 1.82) is 0 Å². The maximum Gasteiger partial charge on any atom is 0.334 e. The summed E-state index contributed by atoms with van der Waals surface area (Å²) >= 11 is 12.3. The number of carbonyl (C=O) groups excluding carboxylic acids is 2. The van der Waals surface area contributed by atoms with E-state index in [9.17, 15) is 9.59 Å². The third kappa shape index (κ3) is 1.55. The molecule has 0 aromatic rings. The minimum absolute atomic E-state index is 0.0401. The Labute approximate surface area is 126 Å². The summed E-state index contributed by atoms with van der Waals surface area (Å²) in [5.41, 5.74) is 0.686. The lowest BCUT2D eigenvalue weighted by Crippen LogP contribution is -2.48. The Morgan fingerprint density at radius 1 is 0.900 bits per heavy atom. The minimum atomic E-state index is -0.518. The molecule has 4 rings (SSSR count). The van der Waals surface area contributed by atoms with E-state index in [-0.39, 0.29) is 23.7 Å². The molecule has 0 amide bonds. The highest BCUT2D eigenvalue weighted by molar-refractivity contribution is 6.41. The van der Waals surface area contributed by atoms with Crippen molar-refractivity contribution in [1.82, 2.24) is 0 Å². The standard InChI is InChI=1S/C14H12Cl2O4/c1-19-13(17)9-5-3-4-6(10(9)14(18)20-2)8-7(5)11(15)12(8)16/h3-8H,1-2H3/t5-,6-,7+,8+/m0/s1. The first-order chi connectivity index (χ1) is 9.52. The van der Waals surface area contributed by atoms with Gasteiger partial charge in [0.15, 0.2) is 0 Å². The molecule has 4 aliphatic rings. The molecule has 0 aromatic heterocycles. The fraction of sp³-hybridized carbons (Fsp3) is 0.429. The SMILES string of the molecule is COC(=O)C1=C(C(=O)OC)[C@H]2C=C[C@H]1[C@H]1C(Cl)=C(Cl)[C@@H]12. The molecule has 0 radical (unpaired) electrons. The van der Waals surface area contributed by atoms with Crippen LogP contribution in [0.3, 0.4) is 0 Å². The van der Waals surface area contributed by atoms with Gasteiger partial charge in [-0.15, -0.1) is 0 Å². The van der Waals surface area contributed by atoms with E-state index in [0.717, 1.165) is 0 Å². The number of halogens is 2. The summed E-state index contributed by atoms with van der Waals surface area (Å²) in [5.74, 6) is -1.67. The van der Waals surface area contributed by atoms with Gasteiger partial charge in [0, 0.05) is 33.7 Å². The van der Waals surface area contributed by atoms with Gasteiger partial charge in [0.25, 0.3) is 0 Å². The largest absolute Gasteiger partial charge is 0.466 e. The Balaban J connectivity index is 2.13. The van der Waals surface area contributed by atoms with Crippen LogP contribution < -0.4 is 0 Å². The van der Waals surface area contributed by atoms with Crippen LogP contribution in [0.25, 0.3) is 0 Å². The number of ether oxygens (including phenoxy) is 2. The molecular formula is C14H12Cl2O4. The molecule has 0 saturated heterocycles. The van der Waals surface area contributed by atoms with Gasteiger partial charge < -0.3 is 9.47 Å². The van der Waals surface area contributed by atoms with Crippen LogP contribution in [0.15, 0.2) is 33.4 Å². The zero-order chi connectivity index (χ0) is 14.6. The van der Waals surface area contributed by atoms with Gasteiger partial charge in [-0.2, -0.15) is 0 Å². The number of esters is 2. The Morgan fingerprint density at radius 3 is 1.55 bits per heavy atom. The van der Waals surface area contributed by atoms with Gasteiger partial charge in [-0.1, -0.05) is 35.4 Å². The molecule has 4 aliphatic carbocycles. The lowest BCUT2D eigenvalue weighted by atomic mass is 9.55. The molecule has 0 N–H and O–H groups in total. The van der Waals surface area contributed by atoms with E-state index in [1.165, 1.54) is 14.2 Å². The molecule has 0 heterocycles. The average molecular weight is 315 g/mol. The van der Waals surface area contributed by atoms with E-state index in [4.69, 9.17) is 32.7 Å². The van der Waals surface area contributed by atoms with Crippen LogP contribution in [0, 0.1) is 23.7 Å². The van der Waals surface area contributed by atoms with E-state index < -0.39 is 11.9 Å². The predicted octanol–water partition coefficient (Wildman–Crippen LogP) is 2.38. The maximum absolute atomic E-state index is 12.0. The Kier molecular flexibility index (Phi) is 3.18. The van der Waals surface area contributed by atoms with Crippen molar-refractivity contribution in [2.45, 2.75) is 0 Å². The van der Waals surface area contributed by atoms with E-state index in [1.54, 1.807) is 0 Å². The van der Waals surface area contributed by atoms with E-state index in [1.807, 2.05) is 12.2 Å². The maximum atomic E-state index is 12.0. The van der Waals surface area contributed by atoms with Gasteiger partial charge in [0.05, 0.1) is 25.4 Å². The van der Waals surface area contributed by atoms with E-state index >= 15 is 0 Å². The lowest BCUT2D eigenvalue weighted by Gasteiger charge is -2.51. The number of hydrogen-bond acceptors (Lipinski definition) is 4. The minimum Gasteiger partial charge on any atom is -0.466 e. The second-order valence-electron chi connectivity index (χ2n) is 4.99. The van der Waals surface area contributed by atoms with Crippen LogP contribution in [0.4, 0.5) is 0 Å². The average Bonchev–Trinajstić information content (AvgIpc) is 2.50. The zero-order valence-corrected chi connectivity index (χ0v) is 12.4. The third-order valence-electron chi connectivity index (χ3n) is 4.27. The summed E-state index contributed by atoms with van der Waals surface area (Å²) in [5, 5.41) is 1.14. The molecule has 0 unspecified atom stereocenters. The second kappa shape index (κ2) is 4.64. The molecule has 0 aromatic carbocycles. The molecule has 0 saturated carbocycles. The normalized spacial score (nSPS) is 33.8. The Hall–Kier alpha value is -1.26. The molecular weight excluding hydrogens is 303 g/mol. The van der Waals surface area contributed by atoms with Gasteiger partial charge in [-0.05, 0) is 0 Å². The van der Waals surface area contributed by atoms with E-state index in [2.05, 4.69) is 0 Å². The number of allylic oxidation sites excluding steroid dienone is 4. The zero-order valence-electron chi connectivity index (χ0n) is 10.9. The molecule has 0 fully saturated rings. The summed E-state index contributed by atoms with van der Waals surface area (Å²) in [4.78, 5) is 24.1. The molecule has 20 heavy (non-hydrogen) atoms. The smallest absolute Gasteiger partial charge is 0.334 e. The predicted molar refractivity (Wildman–Crippen MR) is 72.9 cm³/mol. The summed E-state index contributed by atoms with van der Waals surface area (Å²) in [6.07, 6.45) is 3.80. The van der Waals surface area contributed by atoms with Crippen molar-refractivity contribution in [3.63, 3.8) is 0 Å². The van der Waals surface area contributed by atoms with Crippen molar-refractivity contribution in [2.75, 3.05) is 14.2 Å². The van der Waals surface area contributed by atoms with Crippen LogP contribution in [0.5, 0.6) is 0 Å². The van der Waals surface area contributed by atoms with Crippen LogP contribution in [-0.4, -0.2) is 26.2 Å². The number of rotatable bonds is 2. The molecule has 2 bridgehead atoms. The van der Waals surface area contributed by atoms with Crippen LogP contribution in [0.1, 0.15) is 0 Å². The van der Waals surface area contributed by atoms with Crippen molar-refractivity contribution in [3.8, 4) is 0 Å². The van der Waals surface area contributed by atoms with Gasteiger partial charge in [-0.25, -0.2) is 9.59 Å². The van der Waals surface area contributed by atoms with Crippen molar-refractivity contribution in [2.24, 2.45) is 23.7 Å². The van der Waals surface area contributed by atoms with Gasteiger partial charge in [0.1, 0.15) is 0 Å². The first kappa shape index (κ1) is 13.7. The second-order valence-corrected chi connectivity index (χ2v) is 5.81. The summed E-state index contributed by atoms with van der Waals surface area (Å²) < 4.78 is 9.61. The highest BCUT2D eigenvalue weighted by atomic mass is 35.5. The Bertz CT molecular complexity index is 552. The third-order valence-corrected chi connectivity index (χ3v) is 5.28. The molecule has 4 atom stereocenters. The molecule has 6 heteroatoms. The molecule has 0 aliphatic heterocycles. The van der Waals surface area contributed by atoms with Gasteiger partial charge in [0.2, 0.25) is 0 Å². The number of hydrogen-bond donors (Lipinski definition) is 0. The fourth-order valence-electron chi connectivity index (χ4n) is 3.40. The van der Waals surface area contributed by atoms with Gasteiger partial charge in [-0.3, -0.25) is 0 Å². The van der Waals surface area contributed by atoms with Crippen molar-refractivity contribution in [3.05, 3.63) is 33.4 Å². The van der Waals surface area contributed by atoms with Crippen LogP contribution in [0.2, 0.25) is 0 Å². The first-order valence-corrected chi connectivity index (χ1v) is 6.92. The number of carbonyl (C=O) groups is 2. The van der Waals surface area contributed by atoms with Crippen LogP contribution in [-0.2, 0) is 19.1 Å². The summed E-state index contributed by atoms with van der Waals surface area (Å²) in [6, 6.07) is 0. The lowest BCUT2D eigenvalue weighted by molar-refractivity contribution is -0.141. The number of methoxy groups -OCH3 is 2. The molecule has 0 spiro atoms. The molecule has 106 valence electrons. The van der Waals surface area contributed by atoms with Crippen LogP contribution >= 0.6 is 23.2 Å². The van der Waals surface area contributed by atoms with Gasteiger partial charge >= 0.3 is 11.9 Å². The highest BCUT2D eigenvalue weighted by Crippen LogP contribution is 2.62. The topological polar surface area (TPSA) is 52.6 Å². The first-order valence-electron chi connectivity index (χ1n) is 6.17. The Morgan fingerprint density at radius 2 is 1.25 bits per heavy atom. The fourth-order valence-corrected chi connectivity index (χ4v) is 4.20. The van der Waals surface area contributed by atoms with Crippen molar-refractivity contribution >= 4 is 35.1 Å². The quantitative estimate of drug-likeness (QED) is 0.580. The van der Waals surface area contributed by atoms with Crippen molar-refractivity contribution < 1.29 is 19.1 Å². The summed E-state index contributed by atoms with van der Waals surface area (Å²) in [6.45, 7) is 0. The molecule has 4 nitrogen and oxygen atoms in total. The van der Waals surface area contributed by atoms with E-state index in [0.29, 0.717) is 21.2 Å². The highest BCUT2D eigenvalue weighted by Gasteiger charge is 2.57. The summed E-state index contributed by atoms with van der Waals surface area (Å²) in [7, 11) is 2.58. The monoisotopic (exact) mass is 314 g/mol.